The van der Waals surface area contributed by atoms with Gasteiger partial charge in [-0.3, -0.25) is 4.79 Å². The van der Waals surface area contributed by atoms with Crippen LogP contribution in [0.4, 0.5) is 5.82 Å². The molecule has 0 fully saturated rings. The number of hydrogen-bond donors (Lipinski definition) is 3. The van der Waals surface area contributed by atoms with Crippen molar-refractivity contribution in [3.63, 3.8) is 0 Å². The molecule has 0 radical (unpaired) electrons. The van der Waals surface area contributed by atoms with E-state index in [1.165, 1.54) is 0 Å². The number of nitrogens with zero attached hydrogens (tertiary/aromatic N) is 1. The van der Waals surface area contributed by atoms with Crippen LogP contribution >= 0.6 is 0 Å². The minimum absolute atomic E-state index is 0.242. The molecular formula is C21H20N4O3S. The van der Waals surface area contributed by atoms with Crippen molar-refractivity contribution in [1.29, 1.82) is 0 Å². The second-order valence-corrected chi connectivity index (χ2v) is 8.34. The average molecular weight is 408 g/mol. The minimum Gasteiger partial charge on any atom is -0.368 e. The molecule has 0 unspecified atom stereocenters. The van der Waals surface area contributed by atoms with E-state index < -0.39 is 10.0 Å². The predicted octanol–water partition coefficient (Wildman–Crippen LogP) is 2.86. The molecule has 3 aromatic carbocycles. The van der Waals surface area contributed by atoms with E-state index in [4.69, 9.17) is 0 Å². The topological polar surface area (TPSA) is 104 Å². The van der Waals surface area contributed by atoms with E-state index in [2.05, 4.69) is 20.2 Å². The summed E-state index contributed by atoms with van der Waals surface area (Å²) in [4.78, 5) is 12.1. The molecule has 1 aromatic heterocycles. The van der Waals surface area contributed by atoms with E-state index >= 15 is 0 Å². The molecule has 0 aliphatic heterocycles. The van der Waals surface area contributed by atoms with Crippen LogP contribution in [0, 0.1) is 0 Å². The summed E-state index contributed by atoms with van der Waals surface area (Å²) < 4.78 is 28.1. The normalized spacial score (nSPS) is 11.7. The first-order chi connectivity index (χ1) is 14.1. The lowest BCUT2D eigenvalue weighted by atomic mass is 10.1. The van der Waals surface area contributed by atoms with E-state index in [9.17, 15) is 13.2 Å². The molecule has 29 heavy (non-hydrogen) atoms. The number of nitrogens with one attached hydrogen (secondary N) is 3. The summed E-state index contributed by atoms with van der Waals surface area (Å²) in [5.74, 6) is 0.567. The second kappa shape index (κ2) is 8.02. The van der Waals surface area contributed by atoms with Crippen molar-refractivity contribution in [1.82, 2.24) is 14.9 Å². The SMILES string of the molecule is O=c1[nH]nc(NCCCNS(=O)(=O)c2cccc3ccccc23)c2ccccc12. The minimum atomic E-state index is -3.61. The number of sulfonamides is 1. The highest BCUT2D eigenvalue weighted by molar-refractivity contribution is 7.89. The second-order valence-electron chi connectivity index (χ2n) is 6.60. The Balaban J connectivity index is 1.40. The van der Waals surface area contributed by atoms with Gasteiger partial charge in [-0.1, -0.05) is 54.6 Å². The Bertz CT molecular complexity index is 1330. The van der Waals surface area contributed by atoms with Gasteiger partial charge < -0.3 is 5.32 Å². The lowest BCUT2D eigenvalue weighted by molar-refractivity contribution is 0.581. The number of hydrogen-bond acceptors (Lipinski definition) is 5. The Labute approximate surface area is 167 Å². The smallest absolute Gasteiger partial charge is 0.272 e. The number of aromatic amines is 1. The first-order valence-corrected chi connectivity index (χ1v) is 10.7. The number of H-pyrrole nitrogens is 1. The van der Waals surface area contributed by atoms with Crippen molar-refractivity contribution in [3.8, 4) is 0 Å². The largest absolute Gasteiger partial charge is 0.368 e. The van der Waals surface area contributed by atoms with Crippen LogP contribution in [0.5, 0.6) is 0 Å². The first-order valence-electron chi connectivity index (χ1n) is 9.25. The predicted molar refractivity (Wildman–Crippen MR) is 115 cm³/mol. The van der Waals surface area contributed by atoms with Gasteiger partial charge in [0, 0.05) is 23.9 Å². The van der Waals surface area contributed by atoms with Crippen LogP contribution in [0.3, 0.4) is 0 Å². The molecule has 0 atom stereocenters. The molecule has 0 aliphatic carbocycles. The molecule has 0 aliphatic rings. The number of rotatable bonds is 7. The lowest BCUT2D eigenvalue weighted by Gasteiger charge is -2.11. The van der Waals surface area contributed by atoms with Crippen molar-refractivity contribution in [2.45, 2.75) is 11.3 Å². The zero-order chi connectivity index (χ0) is 20.3. The summed E-state index contributed by atoms with van der Waals surface area (Å²) in [7, 11) is -3.61. The number of anilines is 1. The molecule has 0 bridgehead atoms. The lowest BCUT2D eigenvalue weighted by Crippen LogP contribution is -2.26. The zero-order valence-electron chi connectivity index (χ0n) is 15.6. The Morgan fingerprint density at radius 1 is 0.828 bits per heavy atom. The highest BCUT2D eigenvalue weighted by atomic mass is 32.2. The van der Waals surface area contributed by atoms with Crippen molar-refractivity contribution >= 4 is 37.4 Å². The summed E-state index contributed by atoms with van der Waals surface area (Å²) >= 11 is 0. The van der Waals surface area contributed by atoms with Gasteiger partial charge in [0.2, 0.25) is 10.0 Å². The van der Waals surface area contributed by atoms with Crippen LogP contribution in [0.1, 0.15) is 6.42 Å². The maximum Gasteiger partial charge on any atom is 0.272 e. The van der Waals surface area contributed by atoms with Gasteiger partial charge in [-0.25, -0.2) is 18.2 Å². The summed E-state index contributed by atoms with van der Waals surface area (Å²) in [5, 5.41) is 12.5. The van der Waals surface area contributed by atoms with Gasteiger partial charge in [-0.05, 0) is 23.9 Å². The molecule has 0 saturated carbocycles. The molecule has 148 valence electrons. The Kier molecular flexibility index (Phi) is 5.28. The van der Waals surface area contributed by atoms with E-state index in [1.807, 2.05) is 36.4 Å². The Morgan fingerprint density at radius 2 is 1.52 bits per heavy atom. The third-order valence-electron chi connectivity index (χ3n) is 4.67. The molecule has 1 heterocycles. The third kappa shape index (κ3) is 3.98. The number of benzene rings is 3. The van der Waals surface area contributed by atoms with Crippen LogP contribution in [0.15, 0.2) is 76.4 Å². The summed E-state index contributed by atoms with van der Waals surface area (Å²) in [5.41, 5.74) is -0.242. The van der Waals surface area contributed by atoms with Crippen LogP contribution < -0.4 is 15.6 Å². The molecule has 0 saturated heterocycles. The van der Waals surface area contributed by atoms with Gasteiger partial charge in [0.25, 0.3) is 5.56 Å². The summed E-state index contributed by atoms with van der Waals surface area (Å²) in [6, 6.07) is 19.8. The molecule has 3 N–H and O–H groups in total. The van der Waals surface area contributed by atoms with Gasteiger partial charge in [0.15, 0.2) is 5.82 Å². The molecule has 7 nitrogen and oxygen atoms in total. The van der Waals surface area contributed by atoms with Gasteiger partial charge in [0.05, 0.1) is 10.3 Å². The molecule has 8 heteroatoms. The van der Waals surface area contributed by atoms with Crippen LogP contribution in [0.2, 0.25) is 0 Å². The van der Waals surface area contributed by atoms with Gasteiger partial charge in [-0.15, -0.1) is 0 Å². The molecular weight excluding hydrogens is 388 g/mol. The van der Waals surface area contributed by atoms with Gasteiger partial charge in [-0.2, -0.15) is 5.10 Å². The Hall–Kier alpha value is -3.23. The van der Waals surface area contributed by atoms with Crippen molar-refractivity contribution in [2.24, 2.45) is 0 Å². The highest BCUT2D eigenvalue weighted by Gasteiger charge is 2.16. The molecule has 0 amide bonds. The summed E-state index contributed by atoms with van der Waals surface area (Å²) in [6.45, 7) is 0.779. The summed E-state index contributed by atoms with van der Waals surface area (Å²) in [6.07, 6.45) is 0.555. The van der Waals surface area contributed by atoms with E-state index in [-0.39, 0.29) is 17.0 Å². The third-order valence-corrected chi connectivity index (χ3v) is 6.19. The van der Waals surface area contributed by atoms with Gasteiger partial charge >= 0.3 is 0 Å². The Morgan fingerprint density at radius 3 is 2.34 bits per heavy atom. The molecule has 4 aromatic rings. The van der Waals surface area contributed by atoms with Crippen LogP contribution in [-0.2, 0) is 10.0 Å². The van der Waals surface area contributed by atoms with Crippen LogP contribution in [0.25, 0.3) is 21.5 Å². The highest BCUT2D eigenvalue weighted by Crippen LogP contribution is 2.22. The average Bonchev–Trinajstić information content (AvgIpc) is 2.74. The fourth-order valence-corrected chi connectivity index (χ4v) is 4.56. The van der Waals surface area contributed by atoms with Crippen molar-refractivity contribution in [3.05, 3.63) is 77.1 Å². The monoisotopic (exact) mass is 408 g/mol. The van der Waals surface area contributed by atoms with Crippen molar-refractivity contribution < 1.29 is 8.42 Å². The van der Waals surface area contributed by atoms with E-state index in [0.29, 0.717) is 29.6 Å². The van der Waals surface area contributed by atoms with E-state index in [0.717, 1.165) is 10.8 Å². The fourth-order valence-electron chi connectivity index (χ4n) is 3.26. The number of fused-ring (bicyclic) bond motifs is 2. The first kappa shape index (κ1) is 19.1. The van der Waals surface area contributed by atoms with Crippen LogP contribution in [-0.4, -0.2) is 31.7 Å². The standard InChI is InChI=1S/C21H20N4O3S/c26-21-18-11-4-3-10-17(18)20(24-25-21)22-13-6-14-23-29(27,28)19-12-5-8-15-7-1-2-9-16(15)19/h1-5,7-12,23H,6,13-14H2,(H,22,24)(H,25,26). The van der Waals surface area contributed by atoms with Crippen molar-refractivity contribution in [2.75, 3.05) is 18.4 Å². The zero-order valence-corrected chi connectivity index (χ0v) is 16.4. The molecule has 0 spiro atoms. The molecule has 4 rings (SSSR count). The van der Waals surface area contributed by atoms with E-state index in [1.54, 1.807) is 30.3 Å². The van der Waals surface area contributed by atoms with Gasteiger partial charge in [0.1, 0.15) is 0 Å². The number of aromatic nitrogens is 2. The maximum absolute atomic E-state index is 12.7. The fraction of sp³-hybridized carbons (Fsp3) is 0.143. The quantitative estimate of drug-likeness (QED) is 0.408. The maximum atomic E-state index is 12.7.